The Morgan fingerprint density at radius 3 is 2.14 bits per heavy atom. The molecule has 1 aromatic heterocycles. The van der Waals surface area contributed by atoms with Crippen molar-refractivity contribution in [3.63, 3.8) is 0 Å². The van der Waals surface area contributed by atoms with Gasteiger partial charge in [0.1, 0.15) is 5.82 Å². The number of rotatable bonds is 7. The van der Waals surface area contributed by atoms with E-state index in [-0.39, 0.29) is 30.5 Å². The summed E-state index contributed by atoms with van der Waals surface area (Å²) in [6, 6.07) is 9.24. The normalized spacial score (nSPS) is 13.2. The quantitative estimate of drug-likeness (QED) is 0.268. The molecule has 0 unspecified atom stereocenters. The van der Waals surface area contributed by atoms with Gasteiger partial charge in [-0.25, -0.2) is 13.4 Å². The predicted octanol–water partition coefficient (Wildman–Crippen LogP) is 6.46. The fourth-order valence-electron chi connectivity index (χ4n) is 3.71. The number of nitrogens with zero attached hydrogens (tertiary/aromatic N) is 3. The Morgan fingerprint density at radius 1 is 0.971 bits per heavy atom. The number of aryl methyl sites for hydroxylation is 1. The zero-order valence-electron chi connectivity index (χ0n) is 19.3. The lowest BCUT2D eigenvalue weighted by Crippen LogP contribution is -2.26. The third-order valence-corrected chi connectivity index (χ3v) is 7.27. The molecule has 0 fully saturated rings. The minimum atomic E-state index is -5.17. The van der Waals surface area contributed by atoms with Gasteiger partial charge in [-0.05, 0) is 43.2 Å². The van der Waals surface area contributed by atoms with E-state index in [1.165, 1.54) is 6.07 Å². The summed E-state index contributed by atoms with van der Waals surface area (Å²) >= 11 is 0. The first kappa shape index (κ1) is 26.6. The van der Waals surface area contributed by atoms with Crippen LogP contribution >= 0.6 is 0 Å². The summed E-state index contributed by atoms with van der Waals surface area (Å²) in [7, 11) is -5.17. The number of unbranched alkanes of at least 4 members (excludes halogenated alkanes) is 1. The predicted molar refractivity (Wildman–Crippen MR) is 121 cm³/mol. The first-order chi connectivity index (χ1) is 16.1. The van der Waals surface area contributed by atoms with Crippen molar-refractivity contribution in [2.24, 2.45) is 0 Å². The van der Waals surface area contributed by atoms with Crippen LogP contribution in [0.3, 0.4) is 0 Å². The lowest BCUT2D eigenvalue weighted by molar-refractivity contribution is -0.135. The zero-order valence-corrected chi connectivity index (χ0v) is 20.1. The number of halogens is 5. The number of benzene rings is 2. The third kappa shape index (κ3) is 5.48. The van der Waals surface area contributed by atoms with Gasteiger partial charge >= 0.3 is 11.4 Å². The second-order valence-corrected chi connectivity index (χ2v) is 11.3. The van der Waals surface area contributed by atoms with Gasteiger partial charge in [0.05, 0.1) is 27.6 Å². The lowest BCUT2D eigenvalue weighted by atomic mass is 9.95. The molecule has 0 bridgehead atoms. The molecule has 0 saturated heterocycles. The van der Waals surface area contributed by atoms with Crippen LogP contribution in [0.5, 0.6) is 0 Å². The fraction of sp³-hybridized carbons (Fsp3) is 0.417. The van der Waals surface area contributed by atoms with Gasteiger partial charge in [-0.2, -0.15) is 27.2 Å². The van der Waals surface area contributed by atoms with Crippen LogP contribution in [0.25, 0.3) is 11.0 Å². The van der Waals surface area contributed by atoms with Crippen molar-refractivity contribution in [2.45, 2.75) is 68.3 Å². The highest BCUT2D eigenvalue weighted by Crippen LogP contribution is 2.40. The topological polar surface area (TPSA) is 75.8 Å². The molecule has 1 heterocycles. The second kappa shape index (κ2) is 9.22. The molecule has 0 radical (unpaired) electrons. The second-order valence-electron chi connectivity index (χ2n) is 9.27. The SMILES string of the molecule is CC(C)(C)c1nc2cc(S(=O)(=O)C(F)(F)c3ccc(C#N)cc3)ccc2n1CCCCC(F)(F)F. The number of sulfone groups is 1. The first-order valence-corrected chi connectivity index (χ1v) is 12.3. The van der Waals surface area contributed by atoms with Crippen LogP contribution in [0.15, 0.2) is 47.4 Å². The third-order valence-electron chi connectivity index (χ3n) is 5.48. The first-order valence-electron chi connectivity index (χ1n) is 10.8. The maximum absolute atomic E-state index is 15.0. The van der Waals surface area contributed by atoms with Crippen molar-refractivity contribution in [1.82, 2.24) is 9.55 Å². The number of hydrogen-bond acceptors (Lipinski definition) is 4. The number of aromatic nitrogens is 2. The van der Waals surface area contributed by atoms with Crippen molar-refractivity contribution >= 4 is 20.9 Å². The zero-order chi connectivity index (χ0) is 26.2. The Hall–Kier alpha value is -3.00. The fourth-order valence-corrected chi connectivity index (χ4v) is 4.97. The molecule has 0 aliphatic rings. The van der Waals surface area contributed by atoms with Crippen molar-refractivity contribution in [2.75, 3.05) is 0 Å². The van der Waals surface area contributed by atoms with E-state index < -0.39 is 43.6 Å². The number of nitriles is 1. The van der Waals surface area contributed by atoms with Gasteiger partial charge in [-0.15, -0.1) is 0 Å². The average molecular weight is 514 g/mol. The van der Waals surface area contributed by atoms with Gasteiger partial charge in [0.2, 0.25) is 9.84 Å². The van der Waals surface area contributed by atoms with Crippen LogP contribution in [-0.2, 0) is 27.1 Å². The minimum absolute atomic E-state index is 0.0873. The smallest absolute Gasteiger partial charge is 0.328 e. The number of fused-ring (bicyclic) bond motifs is 1. The van der Waals surface area contributed by atoms with E-state index in [1.807, 2.05) is 20.8 Å². The summed E-state index contributed by atoms with van der Waals surface area (Å²) < 4.78 is 95.1. The van der Waals surface area contributed by atoms with E-state index in [0.29, 0.717) is 11.3 Å². The van der Waals surface area contributed by atoms with Crippen LogP contribution in [-0.4, -0.2) is 24.1 Å². The van der Waals surface area contributed by atoms with Gasteiger partial charge in [-0.1, -0.05) is 32.9 Å². The molecule has 3 rings (SSSR count). The summed E-state index contributed by atoms with van der Waals surface area (Å²) in [5, 5.41) is 4.58. The van der Waals surface area contributed by atoms with E-state index >= 15 is 8.78 Å². The minimum Gasteiger partial charge on any atom is -0.328 e. The van der Waals surface area contributed by atoms with E-state index in [4.69, 9.17) is 5.26 Å². The van der Waals surface area contributed by atoms with Crippen molar-refractivity contribution < 1.29 is 30.4 Å². The van der Waals surface area contributed by atoms with E-state index in [9.17, 15) is 21.6 Å². The average Bonchev–Trinajstić information content (AvgIpc) is 3.14. The Kier molecular flexibility index (Phi) is 7.01. The van der Waals surface area contributed by atoms with Gasteiger partial charge in [0, 0.05) is 23.9 Å². The van der Waals surface area contributed by atoms with Gasteiger partial charge in [-0.3, -0.25) is 0 Å². The summed E-state index contributed by atoms with van der Waals surface area (Å²) in [4.78, 5) is 3.82. The molecule has 11 heteroatoms. The lowest BCUT2D eigenvalue weighted by Gasteiger charge is -2.20. The molecule has 0 aliphatic carbocycles. The summed E-state index contributed by atoms with van der Waals surface area (Å²) in [6.45, 7) is 5.75. The number of alkyl halides is 5. The van der Waals surface area contributed by atoms with E-state index in [0.717, 1.165) is 36.4 Å². The van der Waals surface area contributed by atoms with Crippen LogP contribution in [0, 0.1) is 11.3 Å². The Balaban J connectivity index is 2.01. The highest BCUT2D eigenvalue weighted by atomic mass is 32.2. The molecule has 3 aromatic rings. The van der Waals surface area contributed by atoms with Crippen molar-refractivity contribution in [1.29, 1.82) is 5.26 Å². The Labute approximate surface area is 200 Å². The van der Waals surface area contributed by atoms with Crippen molar-refractivity contribution in [3.8, 4) is 6.07 Å². The molecule has 0 amide bonds. The maximum atomic E-state index is 15.0. The van der Waals surface area contributed by atoms with Crippen LogP contribution < -0.4 is 0 Å². The standard InChI is InChI=1S/C24H24F5N3O2S/c1-22(2,3)21-31-19-14-18(10-11-20(19)32(21)13-5-4-12-23(25,26)27)35(33,34)24(28,29)17-8-6-16(15-30)7-9-17/h6-11,14H,4-5,12-13H2,1-3H3. The molecule has 0 saturated carbocycles. The molecular weight excluding hydrogens is 489 g/mol. The van der Waals surface area contributed by atoms with Crippen LogP contribution in [0.4, 0.5) is 22.0 Å². The monoisotopic (exact) mass is 513 g/mol. The molecular formula is C24H24F5N3O2S. The highest BCUT2D eigenvalue weighted by molar-refractivity contribution is 7.92. The summed E-state index contributed by atoms with van der Waals surface area (Å²) in [5.74, 6) is 0.507. The molecule has 0 spiro atoms. The van der Waals surface area contributed by atoms with Gasteiger partial charge in [0.25, 0.3) is 0 Å². The molecule has 0 aliphatic heterocycles. The molecule has 188 valence electrons. The van der Waals surface area contributed by atoms with Crippen LogP contribution in [0.2, 0.25) is 0 Å². The van der Waals surface area contributed by atoms with E-state index in [2.05, 4.69) is 4.98 Å². The Morgan fingerprint density at radius 2 is 1.60 bits per heavy atom. The molecule has 2 aromatic carbocycles. The number of hydrogen-bond donors (Lipinski definition) is 0. The van der Waals surface area contributed by atoms with Crippen LogP contribution in [0.1, 0.15) is 57.0 Å². The van der Waals surface area contributed by atoms with E-state index in [1.54, 1.807) is 10.6 Å². The van der Waals surface area contributed by atoms with Crippen molar-refractivity contribution in [3.05, 3.63) is 59.4 Å². The van der Waals surface area contributed by atoms with Gasteiger partial charge in [0.15, 0.2) is 0 Å². The Bertz CT molecular complexity index is 1360. The molecule has 0 atom stereocenters. The van der Waals surface area contributed by atoms with Gasteiger partial charge < -0.3 is 4.57 Å². The maximum Gasteiger partial charge on any atom is 0.389 e. The number of imidazole rings is 1. The summed E-state index contributed by atoms with van der Waals surface area (Å²) in [6.07, 6.45) is -5.05. The largest absolute Gasteiger partial charge is 0.389 e. The molecule has 35 heavy (non-hydrogen) atoms. The highest BCUT2D eigenvalue weighted by Gasteiger charge is 2.48. The summed E-state index contributed by atoms with van der Waals surface area (Å²) in [5.41, 5.74) is -0.597. The molecule has 5 nitrogen and oxygen atoms in total. The molecule has 0 N–H and O–H groups in total.